The van der Waals surface area contributed by atoms with Gasteiger partial charge in [-0.2, -0.15) is 0 Å². The lowest BCUT2D eigenvalue weighted by Crippen LogP contribution is -2.25. The van der Waals surface area contributed by atoms with Crippen molar-refractivity contribution in [3.8, 4) is 22.4 Å². The van der Waals surface area contributed by atoms with E-state index in [1.807, 2.05) is 66.7 Å². The lowest BCUT2D eigenvalue weighted by Gasteiger charge is -2.23. The zero-order valence-electron chi connectivity index (χ0n) is 28.3. The molecule has 10 aromatic rings. The molecule has 0 aliphatic heterocycles. The zero-order chi connectivity index (χ0) is 34.6. The van der Waals surface area contributed by atoms with Gasteiger partial charge in [0.1, 0.15) is 0 Å². The minimum absolute atomic E-state index is 0.828. The topological polar surface area (TPSA) is 30.0 Å². The van der Waals surface area contributed by atoms with Crippen molar-refractivity contribution >= 4 is 77.0 Å². The largest absolute Gasteiger partial charge is 0.309 e. The van der Waals surface area contributed by atoms with E-state index in [-0.39, 0.29) is 0 Å². The van der Waals surface area contributed by atoms with E-state index in [0.717, 1.165) is 60.0 Å². The number of benzene rings is 9. The SMILES string of the molecule is O=P(c1ccccc1)(c1ccccc1)c1ccc(-c2ccc3c(c2)nc(-c2ccccc2)c2c4ccccc4c4ccccc4c32)c2ccccc12. The molecule has 0 bridgehead atoms. The maximum absolute atomic E-state index is 15.5. The second-order valence-corrected chi connectivity index (χ2v) is 16.1. The molecule has 0 N–H and O–H groups in total. The van der Waals surface area contributed by atoms with Gasteiger partial charge in [-0.25, -0.2) is 4.98 Å². The van der Waals surface area contributed by atoms with Crippen LogP contribution in [-0.4, -0.2) is 4.98 Å². The van der Waals surface area contributed by atoms with Crippen molar-refractivity contribution in [3.05, 3.63) is 194 Å². The van der Waals surface area contributed by atoms with E-state index >= 15 is 4.57 Å². The summed E-state index contributed by atoms with van der Waals surface area (Å²) in [4.78, 5) is 5.49. The van der Waals surface area contributed by atoms with Crippen LogP contribution in [0.2, 0.25) is 0 Å². The molecule has 0 amide bonds. The van der Waals surface area contributed by atoms with Crippen molar-refractivity contribution in [2.45, 2.75) is 0 Å². The highest BCUT2D eigenvalue weighted by molar-refractivity contribution is 7.85. The van der Waals surface area contributed by atoms with Gasteiger partial charge < -0.3 is 4.57 Å². The molecule has 0 unspecified atom stereocenters. The summed E-state index contributed by atoms with van der Waals surface area (Å²) < 4.78 is 15.5. The molecule has 0 saturated carbocycles. The third kappa shape index (κ3) is 4.65. The second-order valence-electron chi connectivity index (χ2n) is 13.4. The summed E-state index contributed by atoms with van der Waals surface area (Å²) in [6, 6.07) is 67.2. The molecule has 3 heteroatoms. The van der Waals surface area contributed by atoms with Gasteiger partial charge in [-0.1, -0.05) is 182 Å². The highest BCUT2D eigenvalue weighted by Crippen LogP contribution is 2.47. The summed E-state index contributed by atoms with van der Waals surface area (Å²) in [7, 11) is -3.20. The van der Waals surface area contributed by atoms with Crippen molar-refractivity contribution < 1.29 is 4.57 Å². The van der Waals surface area contributed by atoms with Crippen LogP contribution in [0.1, 0.15) is 0 Å². The zero-order valence-corrected chi connectivity index (χ0v) is 29.2. The first-order chi connectivity index (χ1) is 25.7. The molecule has 0 aliphatic rings. The highest BCUT2D eigenvalue weighted by atomic mass is 31.2. The predicted molar refractivity (Wildman–Crippen MR) is 222 cm³/mol. The van der Waals surface area contributed by atoms with Crippen LogP contribution < -0.4 is 15.9 Å². The number of rotatable bonds is 5. The summed E-state index contributed by atoms with van der Waals surface area (Å²) in [5, 5.41) is 13.0. The number of hydrogen-bond acceptors (Lipinski definition) is 2. The van der Waals surface area contributed by atoms with Gasteiger partial charge in [-0.15, -0.1) is 0 Å². The summed E-state index contributed by atoms with van der Waals surface area (Å²) in [6.07, 6.45) is 0. The molecule has 0 saturated heterocycles. The minimum atomic E-state index is -3.20. The van der Waals surface area contributed by atoms with E-state index in [9.17, 15) is 0 Å². The molecule has 9 aromatic carbocycles. The minimum Gasteiger partial charge on any atom is -0.309 e. The number of fused-ring (bicyclic) bond motifs is 9. The lowest BCUT2D eigenvalue weighted by molar-refractivity contribution is 0.592. The van der Waals surface area contributed by atoms with Crippen LogP contribution in [0.15, 0.2) is 194 Å². The van der Waals surface area contributed by atoms with Crippen LogP contribution in [-0.2, 0) is 4.57 Å². The molecule has 0 spiro atoms. The van der Waals surface area contributed by atoms with Gasteiger partial charge >= 0.3 is 0 Å². The fourth-order valence-corrected chi connectivity index (χ4v) is 11.0. The number of aromatic nitrogens is 1. The Balaban J connectivity index is 1.26. The highest BCUT2D eigenvalue weighted by Gasteiger charge is 2.31. The van der Waals surface area contributed by atoms with Crippen LogP contribution in [0.4, 0.5) is 0 Å². The van der Waals surface area contributed by atoms with Gasteiger partial charge in [0.2, 0.25) is 0 Å². The molecule has 52 heavy (non-hydrogen) atoms. The molecule has 0 aliphatic carbocycles. The Morgan fingerprint density at radius 3 is 1.48 bits per heavy atom. The fourth-order valence-electron chi connectivity index (χ4n) is 8.16. The number of hydrogen-bond donors (Lipinski definition) is 0. The maximum Gasteiger partial charge on any atom is 0.171 e. The first-order valence-electron chi connectivity index (χ1n) is 17.7. The van der Waals surface area contributed by atoms with Crippen molar-refractivity contribution in [3.63, 3.8) is 0 Å². The first kappa shape index (κ1) is 30.5. The van der Waals surface area contributed by atoms with Crippen molar-refractivity contribution in [2.75, 3.05) is 0 Å². The molecular weight excluding hydrogens is 650 g/mol. The van der Waals surface area contributed by atoms with Gasteiger partial charge in [-0.3, -0.25) is 0 Å². The smallest absolute Gasteiger partial charge is 0.171 e. The number of pyridine rings is 1. The van der Waals surface area contributed by atoms with E-state index in [4.69, 9.17) is 4.98 Å². The summed E-state index contributed by atoms with van der Waals surface area (Å²) in [6.45, 7) is 0. The molecule has 1 heterocycles. The fraction of sp³-hybridized carbons (Fsp3) is 0. The molecule has 0 fully saturated rings. The summed E-state index contributed by atoms with van der Waals surface area (Å²) in [5.41, 5.74) is 5.17. The molecule has 0 radical (unpaired) electrons. The van der Waals surface area contributed by atoms with Crippen LogP contribution in [0.3, 0.4) is 0 Å². The van der Waals surface area contributed by atoms with Gasteiger partial charge in [0.05, 0.1) is 11.2 Å². The van der Waals surface area contributed by atoms with E-state index in [1.54, 1.807) is 0 Å². The maximum atomic E-state index is 15.5. The molecule has 10 rings (SSSR count). The van der Waals surface area contributed by atoms with E-state index < -0.39 is 7.14 Å². The van der Waals surface area contributed by atoms with Crippen molar-refractivity contribution in [1.29, 1.82) is 0 Å². The molecule has 0 atom stereocenters. The second kappa shape index (κ2) is 12.2. The average Bonchev–Trinajstić information content (AvgIpc) is 3.23. The summed E-state index contributed by atoms with van der Waals surface area (Å²) >= 11 is 0. The van der Waals surface area contributed by atoms with Gasteiger partial charge in [0.15, 0.2) is 7.14 Å². The number of nitrogens with zero attached hydrogens (tertiary/aromatic N) is 1. The monoisotopic (exact) mass is 681 g/mol. The molecular formula is C49H32NOP. The Kier molecular flexibility index (Phi) is 7.13. The van der Waals surface area contributed by atoms with E-state index in [1.165, 1.54) is 32.3 Å². The molecule has 244 valence electrons. The van der Waals surface area contributed by atoms with Crippen LogP contribution >= 0.6 is 7.14 Å². The van der Waals surface area contributed by atoms with Crippen LogP contribution in [0, 0.1) is 0 Å². The molecule has 1 aromatic heterocycles. The Hall–Kier alpha value is -6.34. The van der Waals surface area contributed by atoms with Crippen LogP contribution in [0.5, 0.6) is 0 Å². The van der Waals surface area contributed by atoms with Crippen molar-refractivity contribution in [2.24, 2.45) is 0 Å². The normalized spacial score (nSPS) is 11.9. The van der Waals surface area contributed by atoms with Gasteiger partial charge in [0, 0.05) is 37.6 Å². The van der Waals surface area contributed by atoms with Gasteiger partial charge in [0.25, 0.3) is 0 Å². The standard InChI is InChI=1S/C49H32NOP/c51-52(35-18-6-2-7-19-35,36-20-8-3-9-21-36)46-31-30-37(38-22-10-13-25-41(38)46)34-28-29-44-45(32-34)50-49(33-16-4-1-5-17-33)48-43-27-15-12-24-40(43)39-23-11-14-26-42(39)47(44)48/h1-32H. The Morgan fingerprint density at radius 1 is 0.365 bits per heavy atom. The Bertz CT molecular complexity index is 2990. The van der Waals surface area contributed by atoms with Crippen molar-refractivity contribution in [1.82, 2.24) is 4.98 Å². The Labute approximate surface area is 302 Å². The van der Waals surface area contributed by atoms with E-state index in [0.29, 0.717) is 0 Å². The Morgan fingerprint density at radius 2 is 0.865 bits per heavy atom. The first-order valence-corrected chi connectivity index (χ1v) is 19.4. The average molecular weight is 682 g/mol. The summed E-state index contributed by atoms with van der Waals surface area (Å²) in [5.74, 6) is 0. The van der Waals surface area contributed by atoms with Crippen LogP contribution in [0.25, 0.3) is 76.4 Å². The molecule has 2 nitrogen and oxygen atoms in total. The van der Waals surface area contributed by atoms with E-state index in [2.05, 4.69) is 127 Å². The third-order valence-electron chi connectivity index (χ3n) is 10.5. The predicted octanol–water partition coefficient (Wildman–Crippen LogP) is 11.8. The third-order valence-corrected chi connectivity index (χ3v) is 13.6. The lowest BCUT2D eigenvalue weighted by atomic mass is 9.89. The quantitative estimate of drug-likeness (QED) is 0.134. The van der Waals surface area contributed by atoms with Gasteiger partial charge in [-0.05, 0) is 55.6 Å².